The van der Waals surface area contributed by atoms with Gasteiger partial charge >= 0.3 is 0 Å². The molecule has 0 radical (unpaired) electrons. The van der Waals surface area contributed by atoms with Crippen LogP contribution in [0.1, 0.15) is 38.5 Å². The van der Waals surface area contributed by atoms with Crippen LogP contribution in [-0.2, 0) is 4.79 Å². The number of hydrogen-bond acceptors (Lipinski definition) is 4. The van der Waals surface area contributed by atoms with Crippen LogP contribution in [0.3, 0.4) is 0 Å². The second kappa shape index (κ2) is 7.24. The third-order valence-electron chi connectivity index (χ3n) is 5.48. The van der Waals surface area contributed by atoms with Crippen molar-refractivity contribution in [3.8, 4) is 0 Å². The first kappa shape index (κ1) is 16.7. The van der Waals surface area contributed by atoms with Crippen LogP contribution in [0.15, 0.2) is 22.6 Å². The highest BCUT2D eigenvalue weighted by atomic mass is 35.5. The number of fused-ring (bicyclic) bond motifs is 1. The standard InChI is InChI=1S/C19H24ClN3O2/c20-15-6-7-17-16(11-15)22-19(25-17)23-10-2-5-14(12-23)18(24)21-9-8-13-3-1-4-13/h6-7,11,13-14H,1-5,8-10,12H2,(H,21,24). The number of halogens is 1. The molecule has 1 amide bonds. The van der Waals surface area contributed by atoms with Crippen LogP contribution in [0.2, 0.25) is 5.02 Å². The summed E-state index contributed by atoms with van der Waals surface area (Å²) in [6.45, 7) is 2.34. The number of nitrogens with one attached hydrogen (secondary N) is 1. The number of hydrogen-bond donors (Lipinski definition) is 1. The van der Waals surface area contributed by atoms with E-state index >= 15 is 0 Å². The molecule has 2 aromatic rings. The second-order valence-electron chi connectivity index (χ2n) is 7.27. The van der Waals surface area contributed by atoms with Gasteiger partial charge in [-0.15, -0.1) is 0 Å². The lowest BCUT2D eigenvalue weighted by atomic mass is 9.83. The van der Waals surface area contributed by atoms with Crippen LogP contribution in [-0.4, -0.2) is 30.5 Å². The number of benzene rings is 1. The Hall–Kier alpha value is -1.75. The van der Waals surface area contributed by atoms with E-state index in [-0.39, 0.29) is 11.8 Å². The summed E-state index contributed by atoms with van der Waals surface area (Å²) in [5, 5.41) is 3.77. The molecule has 0 spiro atoms. The number of rotatable bonds is 5. The largest absolute Gasteiger partial charge is 0.423 e. The first-order chi connectivity index (χ1) is 12.2. The zero-order valence-corrected chi connectivity index (χ0v) is 15.1. The number of anilines is 1. The summed E-state index contributed by atoms with van der Waals surface area (Å²) < 4.78 is 5.85. The maximum Gasteiger partial charge on any atom is 0.298 e. The third kappa shape index (κ3) is 3.76. The first-order valence-corrected chi connectivity index (χ1v) is 9.65. The number of piperidine rings is 1. The topological polar surface area (TPSA) is 58.4 Å². The molecule has 1 aromatic carbocycles. The van der Waals surface area contributed by atoms with E-state index in [0.29, 0.717) is 17.6 Å². The highest BCUT2D eigenvalue weighted by Gasteiger charge is 2.28. The van der Waals surface area contributed by atoms with Gasteiger partial charge in [0.2, 0.25) is 5.91 Å². The maximum absolute atomic E-state index is 12.5. The molecule has 1 unspecified atom stereocenters. The molecule has 1 aromatic heterocycles. The predicted octanol–water partition coefficient (Wildman–Crippen LogP) is 4.00. The van der Waals surface area contributed by atoms with Crippen molar-refractivity contribution in [3.05, 3.63) is 23.2 Å². The zero-order chi connectivity index (χ0) is 17.2. The van der Waals surface area contributed by atoms with Crippen LogP contribution in [0, 0.1) is 11.8 Å². The van der Waals surface area contributed by atoms with Crippen molar-refractivity contribution in [2.45, 2.75) is 38.5 Å². The van der Waals surface area contributed by atoms with Crippen molar-refractivity contribution >= 4 is 34.6 Å². The Labute approximate surface area is 152 Å². The molecule has 25 heavy (non-hydrogen) atoms. The van der Waals surface area contributed by atoms with Crippen molar-refractivity contribution in [2.75, 3.05) is 24.5 Å². The van der Waals surface area contributed by atoms with Crippen LogP contribution in [0.5, 0.6) is 0 Å². The molecule has 2 heterocycles. The monoisotopic (exact) mass is 361 g/mol. The Morgan fingerprint density at radius 2 is 2.20 bits per heavy atom. The van der Waals surface area contributed by atoms with Gasteiger partial charge < -0.3 is 14.6 Å². The van der Waals surface area contributed by atoms with Crippen LogP contribution < -0.4 is 10.2 Å². The number of nitrogens with zero attached hydrogens (tertiary/aromatic N) is 2. The minimum absolute atomic E-state index is 0.00809. The second-order valence-corrected chi connectivity index (χ2v) is 7.71. The van der Waals surface area contributed by atoms with Gasteiger partial charge in [0.05, 0.1) is 5.92 Å². The fraction of sp³-hybridized carbons (Fsp3) is 0.579. The Bertz CT molecular complexity index is 756. The van der Waals surface area contributed by atoms with E-state index in [9.17, 15) is 4.79 Å². The van der Waals surface area contributed by atoms with E-state index in [2.05, 4.69) is 15.2 Å². The molecule has 134 valence electrons. The van der Waals surface area contributed by atoms with Crippen molar-refractivity contribution in [1.82, 2.24) is 10.3 Å². The number of amides is 1. The van der Waals surface area contributed by atoms with Crippen LogP contribution >= 0.6 is 11.6 Å². The summed E-state index contributed by atoms with van der Waals surface area (Å²) in [7, 11) is 0. The van der Waals surface area contributed by atoms with Gasteiger partial charge in [-0.2, -0.15) is 4.98 Å². The van der Waals surface area contributed by atoms with E-state index in [0.717, 1.165) is 49.4 Å². The molecule has 1 saturated heterocycles. The van der Waals surface area contributed by atoms with Gasteiger partial charge in [0.1, 0.15) is 5.52 Å². The highest BCUT2D eigenvalue weighted by molar-refractivity contribution is 6.31. The fourth-order valence-electron chi connectivity index (χ4n) is 3.71. The van der Waals surface area contributed by atoms with Crippen molar-refractivity contribution in [1.29, 1.82) is 0 Å². The Morgan fingerprint density at radius 3 is 3.00 bits per heavy atom. The van der Waals surface area contributed by atoms with E-state index in [1.54, 1.807) is 12.1 Å². The summed E-state index contributed by atoms with van der Waals surface area (Å²) in [4.78, 5) is 19.1. The van der Waals surface area contributed by atoms with E-state index in [1.165, 1.54) is 19.3 Å². The average Bonchev–Trinajstić information content (AvgIpc) is 3.00. The molecular formula is C19H24ClN3O2. The normalized spacial score (nSPS) is 21.3. The highest BCUT2D eigenvalue weighted by Crippen LogP contribution is 2.29. The summed E-state index contributed by atoms with van der Waals surface area (Å²) in [5.74, 6) is 1.01. The van der Waals surface area contributed by atoms with Gasteiger partial charge in [-0.3, -0.25) is 4.79 Å². The maximum atomic E-state index is 12.5. The molecule has 1 saturated carbocycles. The summed E-state index contributed by atoms with van der Waals surface area (Å²) in [5.41, 5.74) is 1.49. The van der Waals surface area contributed by atoms with Crippen molar-refractivity contribution < 1.29 is 9.21 Å². The molecule has 4 rings (SSSR count). The molecule has 1 N–H and O–H groups in total. The average molecular weight is 362 g/mol. The van der Waals surface area contributed by atoms with Crippen molar-refractivity contribution in [3.63, 3.8) is 0 Å². The molecule has 6 heteroatoms. The van der Waals surface area contributed by atoms with E-state index in [4.69, 9.17) is 16.0 Å². The van der Waals surface area contributed by atoms with E-state index < -0.39 is 0 Å². The molecule has 1 atom stereocenters. The number of carbonyl (C=O) groups is 1. The molecule has 1 aliphatic carbocycles. The summed E-state index contributed by atoms with van der Waals surface area (Å²) in [6.07, 6.45) is 7.03. The van der Waals surface area contributed by atoms with Crippen LogP contribution in [0.4, 0.5) is 6.01 Å². The Kier molecular flexibility index (Phi) is 4.84. The molecule has 0 bridgehead atoms. The lowest BCUT2D eigenvalue weighted by molar-refractivity contribution is -0.125. The predicted molar refractivity (Wildman–Crippen MR) is 98.9 cm³/mol. The summed E-state index contributed by atoms with van der Waals surface area (Å²) in [6, 6.07) is 6.03. The molecule has 5 nitrogen and oxygen atoms in total. The molecule has 2 fully saturated rings. The van der Waals surface area contributed by atoms with Gasteiger partial charge in [-0.25, -0.2) is 0 Å². The third-order valence-corrected chi connectivity index (χ3v) is 5.71. The number of oxazole rings is 1. The van der Waals surface area contributed by atoms with Crippen LogP contribution in [0.25, 0.3) is 11.1 Å². The van der Waals surface area contributed by atoms with Gasteiger partial charge in [0, 0.05) is 24.7 Å². The quantitative estimate of drug-likeness (QED) is 0.874. The lowest BCUT2D eigenvalue weighted by Gasteiger charge is -2.31. The van der Waals surface area contributed by atoms with Gasteiger partial charge in [-0.1, -0.05) is 30.9 Å². The zero-order valence-electron chi connectivity index (χ0n) is 14.3. The lowest BCUT2D eigenvalue weighted by Crippen LogP contribution is -2.43. The Balaban J connectivity index is 1.36. The van der Waals surface area contributed by atoms with E-state index in [1.807, 2.05) is 6.07 Å². The SMILES string of the molecule is O=C(NCCC1CCC1)C1CCCN(c2nc3cc(Cl)ccc3o2)C1. The Morgan fingerprint density at radius 1 is 1.32 bits per heavy atom. The van der Waals surface area contributed by atoms with Gasteiger partial charge in [0.15, 0.2) is 5.58 Å². The minimum atomic E-state index is 0.00809. The fourth-order valence-corrected chi connectivity index (χ4v) is 3.88. The summed E-state index contributed by atoms with van der Waals surface area (Å²) >= 11 is 6.02. The van der Waals surface area contributed by atoms with Crippen molar-refractivity contribution in [2.24, 2.45) is 11.8 Å². The number of aromatic nitrogens is 1. The molecular weight excluding hydrogens is 338 g/mol. The molecule has 1 aliphatic heterocycles. The number of carbonyl (C=O) groups excluding carboxylic acids is 1. The molecule has 2 aliphatic rings. The van der Waals surface area contributed by atoms with Gasteiger partial charge in [0.25, 0.3) is 6.01 Å². The smallest absolute Gasteiger partial charge is 0.298 e. The van der Waals surface area contributed by atoms with Gasteiger partial charge in [-0.05, 0) is 43.4 Å². The first-order valence-electron chi connectivity index (χ1n) is 9.28. The minimum Gasteiger partial charge on any atom is -0.423 e.